The van der Waals surface area contributed by atoms with Crippen molar-refractivity contribution < 1.29 is 0 Å². The second kappa shape index (κ2) is 4.40. The predicted molar refractivity (Wildman–Crippen MR) is 65.3 cm³/mol. The Bertz CT molecular complexity index is 300. The molecular weight excluding hydrogens is 214 g/mol. The third-order valence-electron chi connectivity index (χ3n) is 2.42. The van der Waals surface area contributed by atoms with Crippen LogP contribution in [0.2, 0.25) is 0 Å². The lowest BCUT2D eigenvalue weighted by molar-refractivity contribution is 0.733. The van der Waals surface area contributed by atoms with Crippen molar-refractivity contribution >= 4 is 34.1 Å². The van der Waals surface area contributed by atoms with Gasteiger partial charge in [-0.15, -0.1) is 0 Å². The molecule has 14 heavy (non-hydrogen) atoms. The van der Waals surface area contributed by atoms with Gasteiger partial charge in [-0.2, -0.15) is 16.1 Å². The first-order valence-electron chi connectivity index (χ1n) is 4.88. The lowest BCUT2D eigenvalue weighted by Gasteiger charge is -2.32. The Kier molecular flexibility index (Phi) is 3.18. The zero-order chi connectivity index (χ0) is 9.97. The number of nitrogens with zero attached hydrogens (tertiary/aromatic N) is 2. The molecule has 1 aromatic heterocycles. The monoisotopic (exact) mass is 229 g/mol. The summed E-state index contributed by atoms with van der Waals surface area (Å²) in [5.41, 5.74) is 5.62. The van der Waals surface area contributed by atoms with Crippen LogP contribution in [0, 0.1) is 0 Å². The van der Waals surface area contributed by atoms with Gasteiger partial charge in [-0.05, 0) is 18.0 Å². The Hall–Kier alpha value is -0.420. The van der Waals surface area contributed by atoms with E-state index in [0.29, 0.717) is 5.82 Å². The smallest absolute Gasteiger partial charge is 0.139 e. The Labute approximate surface area is 92.8 Å². The van der Waals surface area contributed by atoms with Crippen molar-refractivity contribution in [2.75, 3.05) is 29.5 Å². The largest absolute Gasteiger partial charge is 0.383 e. The average molecular weight is 229 g/mol. The molecule has 0 spiro atoms. The fraction of sp³-hybridized carbons (Fsp3) is 0.667. The lowest BCUT2D eigenvalue weighted by atomic mass is 10.3. The molecule has 1 unspecified atom stereocenters. The Balaban J connectivity index is 2.04. The molecule has 1 atom stereocenters. The van der Waals surface area contributed by atoms with E-state index < -0.39 is 0 Å². The number of anilines is 2. The maximum atomic E-state index is 5.62. The number of nitrogen functional groups attached to an aromatic ring is 1. The molecule has 0 aromatic carbocycles. The van der Waals surface area contributed by atoms with Crippen molar-refractivity contribution in [3.8, 4) is 0 Å². The molecule has 1 aliphatic heterocycles. The summed E-state index contributed by atoms with van der Waals surface area (Å²) >= 11 is 3.59. The van der Waals surface area contributed by atoms with Crippen LogP contribution in [-0.2, 0) is 0 Å². The van der Waals surface area contributed by atoms with Gasteiger partial charge in [0, 0.05) is 30.2 Å². The van der Waals surface area contributed by atoms with E-state index in [2.05, 4.69) is 28.0 Å². The fourth-order valence-corrected chi connectivity index (χ4v) is 3.48. The van der Waals surface area contributed by atoms with Crippen molar-refractivity contribution in [2.24, 2.45) is 0 Å². The van der Waals surface area contributed by atoms with Gasteiger partial charge >= 0.3 is 0 Å². The van der Waals surface area contributed by atoms with E-state index in [1.54, 1.807) is 0 Å². The molecular formula is C9H15N3S2. The average Bonchev–Trinajstić information content (AvgIpc) is 2.65. The van der Waals surface area contributed by atoms with E-state index in [9.17, 15) is 0 Å². The van der Waals surface area contributed by atoms with Gasteiger partial charge in [-0.3, -0.25) is 0 Å². The standard InChI is InChI=1S/C9H15N3S2/c1-2-7-6-12(3-4-13-7)9-5-8(10)11-14-9/h5,7H,2-4,6H2,1H3,(H2,10,11). The quantitative estimate of drug-likeness (QED) is 0.843. The van der Waals surface area contributed by atoms with Crippen LogP contribution >= 0.6 is 23.3 Å². The topological polar surface area (TPSA) is 42.1 Å². The predicted octanol–water partition coefficient (Wildman–Crippen LogP) is 2.06. The van der Waals surface area contributed by atoms with Crippen LogP contribution in [0.25, 0.3) is 0 Å². The van der Waals surface area contributed by atoms with Gasteiger partial charge in [0.2, 0.25) is 0 Å². The minimum Gasteiger partial charge on any atom is -0.383 e. The highest BCUT2D eigenvalue weighted by Gasteiger charge is 2.20. The highest BCUT2D eigenvalue weighted by atomic mass is 32.2. The molecule has 0 bridgehead atoms. The normalized spacial score (nSPS) is 22.6. The number of nitrogens with two attached hydrogens (primary N) is 1. The van der Waals surface area contributed by atoms with Crippen LogP contribution in [0.15, 0.2) is 6.07 Å². The fourth-order valence-electron chi connectivity index (χ4n) is 1.59. The van der Waals surface area contributed by atoms with Crippen molar-refractivity contribution in [3.63, 3.8) is 0 Å². The first kappa shape index (κ1) is 10.1. The molecule has 78 valence electrons. The third-order valence-corrected chi connectivity index (χ3v) is 4.66. The molecule has 0 aliphatic carbocycles. The van der Waals surface area contributed by atoms with Crippen LogP contribution in [0.4, 0.5) is 10.8 Å². The molecule has 5 heteroatoms. The molecule has 1 saturated heterocycles. The van der Waals surface area contributed by atoms with E-state index in [-0.39, 0.29) is 0 Å². The van der Waals surface area contributed by atoms with Gasteiger partial charge in [-0.1, -0.05) is 6.92 Å². The number of thioether (sulfide) groups is 1. The van der Waals surface area contributed by atoms with Crippen molar-refractivity contribution in [1.82, 2.24) is 4.37 Å². The van der Waals surface area contributed by atoms with Gasteiger partial charge in [0.25, 0.3) is 0 Å². The molecule has 1 fully saturated rings. The summed E-state index contributed by atoms with van der Waals surface area (Å²) in [6.07, 6.45) is 1.25. The second-order valence-corrected chi connectivity index (χ2v) is 5.63. The molecule has 3 nitrogen and oxygen atoms in total. The maximum Gasteiger partial charge on any atom is 0.139 e. The molecule has 0 radical (unpaired) electrons. The number of rotatable bonds is 2. The molecule has 0 amide bonds. The Morgan fingerprint density at radius 2 is 2.57 bits per heavy atom. The SMILES string of the molecule is CCC1CN(c2cc(N)ns2)CCS1. The summed E-state index contributed by atoms with van der Waals surface area (Å²) in [7, 11) is 0. The summed E-state index contributed by atoms with van der Waals surface area (Å²) in [5, 5.41) is 1.99. The molecule has 2 rings (SSSR count). The summed E-state index contributed by atoms with van der Waals surface area (Å²) in [6, 6.07) is 1.98. The molecule has 2 N–H and O–H groups in total. The highest BCUT2D eigenvalue weighted by Crippen LogP contribution is 2.29. The summed E-state index contributed by atoms with van der Waals surface area (Å²) in [5.74, 6) is 1.87. The zero-order valence-corrected chi connectivity index (χ0v) is 9.90. The van der Waals surface area contributed by atoms with Crippen LogP contribution in [0.3, 0.4) is 0 Å². The molecule has 1 aromatic rings. The zero-order valence-electron chi connectivity index (χ0n) is 8.27. The second-order valence-electron chi connectivity index (χ2n) is 3.44. The van der Waals surface area contributed by atoms with Crippen LogP contribution in [0.5, 0.6) is 0 Å². The van der Waals surface area contributed by atoms with Crippen molar-refractivity contribution in [2.45, 2.75) is 18.6 Å². The Morgan fingerprint density at radius 3 is 3.21 bits per heavy atom. The Morgan fingerprint density at radius 1 is 1.71 bits per heavy atom. The summed E-state index contributed by atoms with van der Waals surface area (Å²) in [4.78, 5) is 2.40. The first-order chi connectivity index (χ1) is 6.79. The third kappa shape index (κ3) is 2.15. The molecule has 1 aliphatic rings. The van der Waals surface area contributed by atoms with Crippen LogP contribution < -0.4 is 10.6 Å². The van der Waals surface area contributed by atoms with Gasteiger partial charge in [0.1, 0.15) is 10.8 Å². The number of aromatic nitrogens is 1. The van der Waals surface area contributed by atoms with Crippen LogP contribution in [0.1, 0.15) is 13.3 Å². The highest BCUT2D eigenvalue weighted by molar-refractivity contribution is 8.00. The van der Waals surface area contributed by atoms with E-state index in [1.165, 1.54) is 28.7 Å². The molecule has 2 heterocycles. The van der Waals surface area contributed by atoms with Gasteiger partial charge in [0.05, 0.1) is 0 Å². The maximum absolute atomic E-state index is 5.62. The van der Waals surface area contributed by atoms with E-state index in [0.717, 1.165) is 18.3 Å². The number of hydrogen-bond donors (Lipinski definition) is 1. The van der Waals surface area contributed by atoms with Gasteiger partial charge < -0.3 is 10.6 Å². The van der Waals surface area contributed by atoms with Crippen molar-refractivity contribution in [3.05, 3.63) is 6.07 Å². The first-order valence-corrected chi connectivity index (χ1v) is 6.70. The van der Waals surface area contributed by atoms with Gasteiger partial charge in [0.15, 0.2) is 0 Å². The number of hydrogen-bond acceptors (Lipinski definition) is 5. The van der Waals surface area contributed by atoms with E-state index >= 15 is 0 Å². The van der Waals surface area contributed by atoms with Gasteiger partial charge in [-0.25, -0.2) is 0 Å². The minimum atomic E-state index is 0.649. The summed E-state index contributed by atoms with van der Waals surface area (Å²) in [6.45, 7) is 4.52. The van der Waals surface area contributed by atoms with Crippen molar-refractivity contribution in [1.29, 1.82) is 0 Å². The van der Waals surface area contributed by atoms with E-state index in [4.69, 9.17) is 5.73 Å². The van der Waals surface area contributed by atoms with Crippen LogP contribution in [-0.4, -0.2) is 28.5 Å². The summed E-state index contributed by atoms with van der Waals surface area (Å²) < 4.78 is 4.11. The molecule has 0 saturated carbocycles. The van der Waals surface area contributed by atoms with E-state index in [1.807, 2.05) is 6.07 Å². The lowest BCUT2D eigenvalue weighted by Crippen LogP contribution is -2.37. The minimum absolute atomic E-state index is 0.649.